The zero-order valence-electron chi connectivity index (χ0n) is 16.1. The van der Waals surface area contributed by atoms with Crippen molar-refractivity contribution < 1.29 is 14.6 Å². The number of carbonyl (C=O) groups excluding carboxylic acids is 1. The van der Waals surface area contributed by atoms with Gasteiger partial charge in [0.1, 0.15) is 0 Å². The molecular weight excluding hydrogens is 364 g/mol. The molecule has 2 aromatic rings. The van der Waals surface area contributed by atoms with E-state index in [4.69, 9.17) is 16.3 Å². The maximum absolute atomic E-state index is 12.9. The molecule has 0 bridgehead atoms. The second kappa shape index (κ2) is 8.63. The third-order valence-electron chi connectivity index (χ3n) is 5.42. The second-order valence-electron chi connectivity index (χ2n) is 7.68. The molecule has 1 saturated carbocycles. The van der Waals surface area contributed by atoms with Gasteiger partial charge in [0.2, 0.25) is 0 Å². The molecule has 6 heteroatoms. The summed E-state index contributed by atoms with van der Waals surface area (Å²) in [5.74, 6) is 0.283. The highest BCUT2D eigenvalue weighted by molar-refractivity contribution is 6.34. The van der Waals surface area contributed by atoms with E-state index >= 15 is 0 Å². The molecule has 1 amide bonds. The molecule has 3 rings (SSSR count). The van der Waals surface area contributed by atoms with E-state index in [1.807, 2.05) is 29.7 Å². The molecule has 1 aliphatic carbocycles. The Morgan fingerprint density at radius 1 is 1.52 bits per heavy atom. The number of nitrogens with one attached hydrogen (secondary N) is 1. The topological polar surface area (TPSA) is 63.0 Å². The highest BCUT2D eigenvalue weighted by Crippen LogP contribution is 2.32. The molecule has 2 heterocycles. The summed E-state index contributed by atoms with van der Waals surface area (Å²) in [4.78, 5) is 12.9. The molecule has 148 valence electrons. The highest BCUT2D eigenvalue weighted by atomic mass is 35.5. The molecule has 0 radical (unpaired) electrons. The van der Waals surface area contributed by atoms with Crippen molar-refractivity contribution in [3.63, 3.8) is 0 Å². The van der Waals surface area contributed by atoms with E-state index in [9.17, 15) is 9.90 Å². The van der Waals surface area contributed by atoms with Gasteiger partial charge >= 0.3 is 0 Å². The van der Waals surface area contributed by atoms with Crippen LogP contribution in [0.15, 0.2) is 24.4 Å². The zero-order chi connectivity index (χ0) is 19.4. The number of hydrogen-bond donors (Lipinski definition) is 2. The summed E-state index contributed by atoms with van der Waals surface area (Å²) in [6, 6.07) is 5.53. The quantitative estimate of drug-likeness (QED) is 0.703. The van der Waals surface area contributed by atoms with Crippen LogP contribution in [-0.2, 0) is 11.2 Å². The fourth-order valence-electron chi connectivity index (χ4n) is 4.10. The lowest BCUT2D eigenvalue weighted by Gasteiger charge is -2.35. The van der Waals surface area contributed by atoms with Gasteiger partial charge in [0.15, 0.2) is 0 Å². The Balaban J connectivity index is 1.79. The first-order valence-electron chi connectivity index (χ1n) is 9.80. The van der Waals surface area contributed by atoms with Gasteiger partial charge in [0.25, 0.3) is 5.91 Å². The van der Waals surface area contributed by atoms with E-state index < -0.39 is 5.60 Å². The number of pyridine rings is 1. The van der Waals surface area contributed by atoms with Crippen LogP contribution in [0.5, 0.6) is 0 Å². The van der Waals surface area contributed by atoms with Crippen LogP contribution in [0.2, 0.25) is 5.02 Å². The van der Waals surface area contributed by atoms with Crippen LogP contribution in [0.4, 0.5) is 0 Å². The van der Waals surface area contributed by atoms with Crippen LogP contribution in [0.25, 0.3) is 5.52 Å². The number of hydrogen-bond acceptors (Lipinski definition) is 3. The number of fused-ring (bicyclic) bond motifs is 1. The molecule has 1 fully saturated rings. The van der Waals surface area contributed by atoms with Crippen LogP contribution in [0.1, 0.15) is 55.6 Å². The van der Waals surface area contributed by atoms with Gasteiger partial charge in [-0.15, -0.1) is 0 Å². The maximum atomic E-state index is 12.9. The largest absolute Gasteiger partial charge is 0.388 e. The van der Waals surface area contributed by atoms with E-state index in [2.05, 4.69) is 12.2 Å². The van der Waals surface area contributed by atoms with Crippen molar-refractivity contribution in [2.75, 3.05) is 19.8 Å². The van der Waals surface area contributed by atoms with Crippen molar-refractivity contribution >= 4 is 23.0 Å². The standard InChI is InChI=1S/C21H29ClN2O3/c1-3-27-11-8-16-12-17(19-18(22)7-5-10-24(16)19)20(25)23-14-21(26)9-4-6-15(2)13-21/h5,7,10,12,15,26H,3-4,6,8-9,11,13-14H2,1-2H3,(H,23,25)/t15-,21-/m0/s1. The molecule has 0 aliphatic heterocycles. The average Bonchev–Trinajstić information content (AvgIpc) is 3.00. The lowest BCUT2D eigenvalue weighted by Crippen LogP contribution is -2.45. The van der Waals surface area contributed by atoms with Crippen molar-refractivity contribution in [1.29, 1.82) is 0 Å². The lowest BCUT2D eigenvalue weighted by atomic mass is 9.79. The number of ether oxygens (including phenoxy) is 1. The number of aliphatic hydroxyl groups is 1. The fourth-order valence-corrected chi connectivity index (χ4v) is 4.37. The van der Waals surface area contributed by atoms with Crippen molar-refractivity contribution in [3.05, 3.63) is 40.7 Å². The average molecular weight is 393 g/mol. The predicted molar refractivity (Wildman–Crippen MR) is 108 cm³/mol. The van der Waals surface area contributed by atoms with E-state index in [1.54, 1.807) is 6.07 Å². The Hall–Kier alpha value is -1.56. The second-order valence-corrected chi connectivity index (χ2v) is 8.09. The molecule has 1 aliphatic rings. The summed E-state index contributed by atoms with van der Waals surface area (Å²) in [5, 5.41) is 14.3. The molecule has 2 atom stereocenters. The van der Waals surface area contributed by atoms with Crippen LogP contribution >= 0.6 is 11.6 Å². The molecule has 2 N–H and O–H groups in total. The smallest absolute Gasteiger partial charge is 0.253 e. The van der Waals surface area contributed by atoms with Gasteiger partial charge in [-0.3, -0.25) is 4.79 Å². The van der Waals surface area contributed by atoms with E-state index in [0.29, 0.717) is 41.7 Å². The molecule has 0 spiro atoms. The van der Waals surface area contributed by atoms with Crippen LogP contribution in [0, 0.1) is 5.92 Å². The van der Waals surface area contributed by atoms with Crippen molar-refractivity contribution in [3.8, 4) is 0 Å². The predicted octanol–water partition coefficient (Wildman–Crippen LogP) is 3.84. The summed E-state index contributed by atoms with van der Waals surface area (Å²) < 4.78 is 7.41. The normalized spacial score (nSPS) is 22.9. The third-order valence-corrected chi connectivity index (χ3v) is 5.72. The number of carbonyl (C=O) groups is 1. The van der Waals surface area contributed by atoms with E-state index in [1.165, 1.54) is 0 Å². The monoisotopic (exact) mass is 392 g/mol. The Kier molecular flexibility index (Phi) is 6.45. The maximum Gasteiger partial charge on any atom is 0.253 e. The van der Waals surface area contributed by atoms with Crippen molar-refractivity contribution in [2.45, 2.75) is 51.6 Å². The minimum Gasteiger partial charge on any atom is -0.388 e. The summed E-state index contributed by atoms with van der Waals surface area (Å²) in [6.07, 6.45) is 6.20. The molecule has 0 aromatic carbocycles. The van der Waals surface area contributed by atoms with Crippen molar-refractivity contribution in [1.82, 2.24) is 9.72 Å². The Morgan fingerprint density at radius 2 is 2.33 bits per heavy atom. The third kappa shape index (κ3) is 4.65. The molecule has 2 aromatic heterocycles. The van der Waals surface area contributed by atoms with Gasteiger partial charge in [-0.05, 0) is 43.9 Å². The van der Waals surface area contributed by atoms with Gasteiger partial charge < -0.3 is 19.6 Å². The van der Waals surface area contributed by atoms with Crippen LogP contribution in [-0.4, -0.2) is 40.8 Å². The summed E-state index contributed by atoms with van der Waals surface area (Å²) in [7, 11) is 0. The number of rotatable bonds is 7. The molecule has 0 saturated heterocycles. The van der Waals surface area contributed by atoms with Gasteiger partial charge in [0.05, 0.1) is 28.3 Å². The summed E-state index contributed by atoms with van der Waals surface area (Å²) in [6.45, 7) is 5.63. The first-order valence-corrected chi connectivity index (χ1v) is 10.2. The number of aromatic nitrogens is 1. The van der Waals surface area contributed by atoms with Crippen LogP contribution < -0.4 is 5.32 Å². The van der Waals surface area contributed by atoms with Crippen LogP contribution in [0.3, 0.4) is 0 Å². The van der Waals surface area contributed by atoms with Crippen molar-refractivity contribution in [2.24, 2.45) is 5.92 Å². The number of amides is 1. The van der Waals surface area contributed by atoms with E-state index in [-0.39, 0.29) is 12.5 Å². The minimum atomic E-state index is -0.815. The Morgan fingerprint density at radius 3 is 3.07 bits per heavy atom. The molecule has 27 heavy (non-hydrogen) atoms. The SMILES string of the molecule is CCOCCc1cc(C(=O)NC[C@]2(O)CCC[C@H](C)C2)c2c(Cl)cccn12. The Labute approximate surface area is 165 Å². The van der Waals surface area contributed by atoms with E-state index in [0.717, 1.165) is 31.4 Å². The van der Waals surface area contributed by atoms with Gasteiger partial charge in [-0.25, -0.2) is 0 Å². The zero-order valence-corrected chi connectivity index (χ0v) is 16.9. The minimum absolute atomic E-state index is 0.199. The first-order chi connectivity index (χ1) is 12.9. The van der Waals surface area contributed by atoms with Gasteiger partial charge in [0, 0.05) is 31.5 Å². The summed E-state index contributed by atoms with van der Waals surface area (Å²) >= 11 is 6.39. The first kappa shape index (κ1) is 20.2. The fraction of sp³-hybridized carbons (Fsp3) is 0.571. The molecule has 5 nitrogen and oxygen atoms in total. The lowest BCUT2D eigenvalue weighted by molar-refractivity contribution is -0.0109. The number of halogens is 1. The summed E-state index contributed by atoms with van der Waals surface area (Å²) in [5.41, 5.74) is 1.41. The Bertz CT molecular complexity index is 804. The highest BCUT2D eigenvalue weighted by Gasteiger charge is 2.33. The molecule has 0 unspecified atom stereocenters. The number of nitrogens with zero attached hydrogens (tertiary/aromatic N) is 1. The van der Waals surface area contributed by atoms with Gasteiger partial charge in [-0.2, -0.15) is 0 Å². The molecular formula is C21H29ClN2O3. The van der Waals surface area contributed by atoms with Gasteiger partial charge in [-0.1, -0.05) is 31.4 Å².